The quantitative estimate of drug-likeness (QED) is 0.644. The van der Waals surface area contributed by atoms with Gasteiger partial charge in [-0.15, -0.1) is 0 Å². The van der Waals surface area contributed by atoms with Crippen molar-refractivity contribution in [1.82, 2.24) is 0 Å². The minimum absolute atomic E-state index is 0.283. The molecule has 29 heavy (non-hydrogen) atoms. The van der Waals surface area contributed by atoms with Crippen LogP contribution in [0.5, 0.6) is 17.2 Å². The SMILES string of the molecule is COc1ccc(NC(=O)[C@H](C)OC(=O)COc2ccc(C(C)C)cc2)cc1OC. The first-order valence-electron chi connectivity index (χ1n) is 9.29. The lowest BCUT2D eigenvalue weighted by Gasteiger charge is -2.15. The molecule has 7 nitrogen and oxygen atoms in total. The molecule has 0 unspecified atom stereocenters. The molecule has 0 aliphatic heterocycles. The highest BCUT2D eigenvalue weighted by Crippen LogP contribution is 2.29. The van der Waals surface area contributed by atoms with Gasteiger partial charge in [-0.3, -0.25) is 4.79 Å². The van der Waals surface area contributed by atoms with E-state index in [1.165, 1.54) is 26.7 Å². The summed E-state index contributed by atoms with van der Waals surface area (Å²) in [4.78, 5) is 24.3. The number of carbonyl (C=O) groups is 2. The summed E-state index contributed by atoms with van der Waals surface area (Å²) >= 11 is 0. The van der Waals surface area contributed by atoms with Gasteiger partial charge in [0, 0.05) is 11.8 Å². The molecule has 1 amide bonds. The van der Waals surface area contributed by atoms with Gasteiger partial charge < -0.3 is 24.3 Å². The number of ether oxygens (including phenoxy) is 4. The molecule has 2 aromatic rings. The maximum absolute atomic E-state index is 12.3. The van der Waals surface area contributed by atoms with Crippen molar-refractivity contribution in [1.29, 1.82) is 0 Å². The number of rotatable bonds is 9. The van der Waals surface area contributed by atoms with Crippen molar-refractivity contribution in [2.75, 3.05) is 26.1 Å². The van der Waals surface area contributed by atoms with Crippen molar-refractivity contribution in [3.05, 3.63) is 48.0 Å². The number of esters is 1. The van der Waals surface area contributed by atoms with Gasteiger partial charge in [0.25, 0.3) is 5.91 Å². The van der Waals surface area contributed by atoms with Crippen LogP contribution in [-0.2, 0) is 14.3 Å². The van der Waals surface area contributed by atoms with Gasteiger partial charge >= 0.3 is 5.97 Å². The number of carbonyl (C=O) groups excluding carboxylic acids is 2. The van der Waals surface area contributed by atoms with Crippen molar-refractivity contribution >= 4 is 17.6 Å². The molecular weight excluding hydrogens is 374 g/mol. The van der Waals surface area contributed by atoms with Gasteiger partial charge in [0.15, 0.2) is 24.2 Å². The van der Waals surface area contributed by atoms with Gasteiger partial charge in [0.2, 0.25) is 0 Å². The highest BCUT2D eigenvalue weighted by Gasteiger charge is 2.19. The smallest absolute Gasteiger partial charge is 0.344 e. The number of anilines is 1. The summed E-state index contributed by atoms with van der Waals surface area (Å²) in [6.45, 7) is 5.41. The van der Waals surface area contributed by atoms with E-state index in [1.54, 1.807) is 30.3 Å². The van der Waals surface area contributed by atoms with Crippen LogP contribution in [0.1, 0.15) is 32.3 Å². The molecule has 156 valence electrons. The van der Waals surface area contributed by atoms with Crippen LogP contribution in [0.25, 0.3) is 0 Å². The number of hydrogen-bond acceptors (Lipinski definition) is 6. The lowest BCUT2D eigenvalue weighted by atomic mass is 10.0. The van der Waals surface area contributed by atoms with E-state index >= 15 is 0 Å². The van der Waals surface area contributed by atoms with Crippen molar-refractivity contribution in [2.24, 2.45) is 0 Å². The van der Waals surface area contributed by atoms with E-state index < -0.39 is 18.0 Å². The molecule has 0 aliphatic carbocycles. The topological polar surface area (TPSA) is 83.1 Å². The Balaban J connectivity index is 1.84. The molecule has 1 N–H and O–H groups in total. The van der Waals surface area contributed by atoms with Crippen LogP contribution in [0.15, 0.2) is 42.5 Å². The molecule has 7 heteroatoms. The summed E-state index contributed by atoms with van der Waals surface area (Å²) in [7, 11) is 3.03. The molecule has 0 saturated heterocycles. The standard InChI is InChI=1S/C22H27NO6/c1-14(2)16-6-9-18(10-7-16)28-13-21(24)29-15(3)22(25)23-17-8-11-19(26-4)20(12-17)27-5/h6-12,14-15H,13H2,1-5H3,(H,23,25)/t15-/m0/s1. The van der Waals surface area contributed by atoms with E-state index in [-0.39, 0.29) is 6.61 Å². The Morgan fingerprint density at radius 1 is 0.931 bits per heavy atom. The second-order valence-electron chi connectivity index (χ2n) is 6.70. The second kappa shape index (κ2) is 10.4. The summed E-state index contributed by atoms with van der Waals surface area (Å²) in [5.41, 5.74) is 1.68. The van der Waals surface area contributed by atoms with Gasteiger partial charge in [-0.25, -0.2) is 4.79 Å². The Hall–Kier alpha value is -3.22. The largest absolute Gasteiger partial charge is 0.493 e. The summed E-state index contributed by atoms with van der Waals surface area (Å²) in [5, 5.41) is 2.67. The van der Waals surface area contributed by atoms with E-state index in [0.717, 1.165) is 0 Å². The van der Waals surface area contributed by atoms with Crippen molar-refractivity contribution in [3.8, 4) is 17.2 Å². The summed E-state index contributed by atoms with van der Waals surface area (Å²) in [6.07, 6.45) is -0.984. The maximum Gasteiger partial charge on any atom is 0.344 e. The first-order chi connectivity index (χ1) is 13.8. The average molecular weight is 401 g/mol. The van der Waals surface area contributed by atoms with Crippen LogP contribution in [0.4, 0.5) is 5.69 Å². The van der Waals surface area contributed by atoms with E-state index in [9.17, 15) is 9.59 Å². The lowest BCUT2D eigenvalue weighted by Crippen LogP contribution is -2.31. The van der Waals surface area contributed by atoms with Crippen LogP contribution in [0.2, 0.25) is 0 Å². The maximum atomic E-state index is 12.3. The van der Waals surface area contributed by atoms with Crippen molar-refractivity contribution < 1.29 is 28.5 Å². The fourth-order valence-electron chi connectivity index (χ4n) is 2.53. The van der Waals surface area contributed by atoms with Crippen molar-refractivity contribution in [3.63, 3.8) is 0 Å². The molecule has 2 aromatic carbocycles. The van der Waals surface area contributed by atoms with E-state index in [4.69, 9.17) is 18.9 Å². The highest BCUT2D eigenvalue weighted by atomic mass is 16.6. The third kappa shape index (κ3) is 6.41. The Morgan fingerprint density at radius 3 is 2.17 bits per heavy atom. The molecule has 1 atom stereocenters. The number of nitrogens with one attached hydrogen (secondary N) is 1. The van der Waals surface area contributed by atoms with Crippen LogP contribution >= 0.6 is 0 Å². The normalized spacial score (nSPS) is 11.5. The van der Waals surface area contributed by atoms with Gasteiger partial charge in [-0.05, 0) is 42.7 Å². The summed E-state index contributed by atoms with van der Waals surface area (Å²) < 4.78 is 20.9. The van der Waals surface area contributed by atoms with Gasteiger partial charge in [0.1, 0.15) is 5.75 Å². The molecule has 0 saturated carbocycles. The fraction of sp³-hybridized carbons (Fsp3) is 0.364. The van der Waals surface area contributed by atoms with Crippen LogP contribution in [0.3, 0.4) is 0 Å². The van der Waals surface area contributed by atoms with E-state index in [0.29, 0.717) is 28.9 Å². The Kier molecular flexibility index (Phi) is 7.88. The number of hydrogen-bond donors (Lipinski definition) is 1. The molecular formula is C22H27NO6. The third-order valence-corrected chi connectivity index (χ3v) is 4.23. The van der Waals surface area contributed by atoms with Gasteiger partial charge in [0.05, 0.1) is 14.2 Å². The van der Waals surface area contributed by atoms with Gasteiger partial charge in [-0.1, -0.05) is 26.0 Å². The zero-order valence-corrected chi connectivity index (χ0v) is 17.4. The molecule has 0 heterocycles. The van der Waals surface area contributed by atoms with Crippen LogP contribution in [-0.4, -0.2) is 38.8 Å². The Bertz CT molecular complexity index is 832. The zero-order valence-electron chi connectivity index (χ0n) is 17.4. The predicted octanol–water partition coefficient (Wildman–Crippen LogP) is 3.78. The number of benzene rings is 2. The predicted molar refractivity (Wildman–Crippen MR) is 110 cm³/mol. The first-order valence-corrected chi connectivity index (χ1v) is 9.29. The third-order valence-electron chi connectivity index (χ3n) is 4.23. The monoisotopic (exact) mass is 401 g/mol. The molecule has 0 radical (unpaired) electrons. The van der Waals surface area contributed by atoms with E-state index in [1.807, 2.05) is 12.1 Å². The molecule has 0 bridgehead atoms. The van der Waals surface area contributed by atoms with E-state index in [2.05, 4.69) is 19.2 Å². The lowest BCUT2D eigenvalue weighted by molar-refractivity contribution is -0.155. The molecule has 0 fully saturated rings. The number of amides is 1. The number of methoxy groups -OCH3 is 2. The summed E-state index contributed by atoms with van der Waals surface area (Å²) in [6, 6.07) is 12.5. The molecule has 0 aliphatic rings. The highest BCUT2D eigenvalue weighted by molar-refractivity contribution is 5.95. The zero-order chi connectivity index (χ0) is 21.4. The average Bonchev–Trinajstić information content (AvgIpc) is 2.72. The van der Waals surface area contributed by atoms with Crippen molar-refractivity contribution in [2.45, 2.75) is 32.8 Å². The minimum atomic E-state index is -0.984. The first kappa shape index (κ1) is 22.1. The van der Waals surface area contributed by atoms with Crippen LogP contribution in [0, 0.1) is 0 Å². The molecule has 0 aromatic heterocycles. The molecule has 2 rings (SSSR count). The van der Waals surface area contributed by atoms with Crippen LogP contribution < -0.4 is 19.5 Å². The minimum Gasteiger partial charge on any atom is -0.493 e. The fourth-order valence-corrected chi connectivity index (χ4v) is 2.53. The Labute approximate surface area is 170 Å². The molecule has 0 spiro atoms. The van der Waals surface area contributed by atoms with Gasteiger partial charge in [-0.2, -0.15) is 0 Å². The Morgan fingerprint density at radius 2 is 1.59 bits per heavy atom. The summed E-state index contributed by atoms with van der Waals surface area (Å²) in [5.74, 6) is 0.906. The second-order valence-corrected chi connectivity index (χ2v) is 6.70.